The number of carbonyl (C=O) groups excluding carboxylic acids is 3. The van der Waals surface area contributed by atoms with Crippen molar-refractivity contribution in [1.82, 2.24) is 0 Å². The minimum atomic E-state index is -0.809. The lowest BCUT2D eigenvalue weighted by molar-refractivity contribution is -0.166. The first kappa shape index (κ1) is 58.9. The van der Waals surface area contributed by atoms with E-state index in [0.29, 0.717) is 19.3 Å². The molecule has 356 valence electrons. The molecule has 6 nitrogen and oxygen atoms in total. The van der Waals surface area contributed by atoms with E-state index in [9.17, 15) is 14.4 Å². The van der Waals surface area contributed by atoms with Crippen LogP contribution in [0.5, 0.6) is 0 Å². The largest absolute Gasteiger partial charge is 0.462 e. The van der Waals surface area contributed by atoms with Crippen LogP contribution in [0.4, 0.5) is 0 Å². The van der Waals surface area contributed by atoms with E-state index in [4.69, 9.17) is 14.2 Å². The molecule has 0 saturated heterocycles. The molecule has 0 bridgehead atoms. The number of esters is 3. The second-order valence-corrected chi connectivity index (χ2v) is 17.1. The van der Waals surface area contributed by atoms with Gasteiger partial charge in [-0.2, -0.15) is 0 Å². The summed E-state index contributed by atoms with van der Waals surface area (Å²) in [6.07, 6.45) is 63.2. The molecule has 0 aliphatic carbocycles. The Morgan fingerprint density at radius 1 is 0.339 bits per heavy atom. The van der Waals surface area contributed by atoms with Gasteiger partial charge >= 0.3 is 17.9 Å². The van der Waals surface area contributed by atoms with Gasteiger partial charge in [0, 0.05) is 19.3 Å². The molecule has 0 spiro atoms. The zero-order valence-electron chi connectivity index (χ0n) is 40.6. The van der Waals surface area contributed by atoms with E-state index >= 15 is 0 Å². The molecule has 0 aromatic carbocycles. The summed E-state index contributed by atoms with van der Waals surface area (Å²) in [6, 6.07) is 0. The van der Waals surface area contributed by atoms with Gasteiger partial charge in [0.2, 0.25) is 0 Å². The highest BCUT2D eigenvalue weighted by molar-refractivity contribution is 5.71. The van der Waals surface area contributed by atoms with Gasteiger partial charge in [0.15, 0.2) is 6.10 Å². The van der Waals surface area contributed by atoms with Gasteiger partial charge in [-0.15, -0.1) is 0 Å². The first-order valence-corrected chi connectivity index (χ1v) is 25.9. The van der Waals surface area contributed by atoms with Crippen LogP contribution in [0.1, 0.15) is 245 Å². The summed E-state index contributed by atoms with van der Waals surface area (Å²) in [5.41, 5.74) is 0. The van der Waals surface area contributed by atoms with Crippen molar-refractivity contribution in [2.75, 3.05) is 13.2 Å². The van der Waals surface area contributed by atoms with Gasteiger partial charge in [-0.25, -0.2) is 0 Å². The molecule has 0 aliphatic rings. The smallest absolute Gasteiger partial charge is 0.306 e. The van der Waals surface area contributed by atoms with Crippen LogP contribution in [0.2, 0.25) is 0 Å². The number of rotatable bonds is 46. The molecule has 0 saturated carbocycles. The van der Waals surface area contributed by atoms with Gasteiger partial charge in [0.25, 0.3) is 0 Å². The molecule has 0 rings (SSSR count). The average molecular weight is 865 g/mol. The van der Waals surface area contributed by atoms with Gasteiger partial charge in [-0.1, -0.05) is 222 Å². The van der Waals surface area contributed by atoms with Crippen molar-refractivity contribution in [1.29, 1.82) is 0 Å². The van der Waals surface area contributed by atoms with Gasteiger partial charge < -0.3 is 14.2 Å². The number of unbranched alkanes of at least 4 members (excludes halogenated alkanes) is 23. The third-order valence-electron chi connectivity index (χ3n) is 11.0. The Bertz CT molecular complexity index is 1180. The van der Waals surface area contributed by atoms with Crippen LogP contribution < -0.4 is 0 Å². The third kappa shape index (κ3) is 47.9. The minimum absolute atomic E-state index is 0.101. The lowest BCUT2D eigenvalue weighted by Crippen LogP contribution is -2.30. The molecule has 0 amide bonds. The van der Waals surface area contributed by atoms with Crippen molar-refractivity contribution >= 4 is 17.9 Å². The van der Waals surface area contributed by atoms with E-state index in [1.54, 1.807) is 0 Å². The highest BCUT2D eigenvalue weighted by atomic mass is 16.6. The molecular formula is C56H96O6. The molecule has 1 unspecified atom stereocenters. The van der Waals surface area contributed by atoms with E-state index in [-0.39, 0.29) is 37.5 Å². The fraction of sp³-hybridized carbons (Fsp3) is 0.732. The zero-order valence-corrected chi connectivity index (χ0v) is 40.6. The predicted molar refractivity (Wildman–Crippen MR) is 265 cm³/mol. The minimum Gasteiger partial charge on any atom is -0.462 e. The maximum Gasteiger partial charge on any atom is 0.306 e. The summed E-state index contributed by atoms with van der Waals surface area (Å²) in [7, 11) is 0. The summed E-state index contributed by atoms with van der Waals surface area (Å²) in [5, 5.41) is 0. The van der Waals surface area contributed by atoms with Gasteiger partial charge in [-0.05, 0) is 77.0 Å². The van der Waals surface area contributed by atoms with E-state index in [1.165, 1.54) is 109 Å². The summed E-state index contributed by atoms with van der Waals surface area (Å²) < 4.78 is 16.7. The fourth-order valence-corrected chi connectivity index (χ4v) is 7.07. The molecule has 0 N–H and O–H groups in total. The van der Waals surface area contributed by atoms with Crippen LogP contribution >= 0.6 is 0 Å². The second kappa shape index (κ2) is 50.5. The van der Waals surface area contributed by atoms with Crippen molar-refractivity contribution in [2.24, 2.45) is 0 Å². The van der Waals surface area contributed by atoms with E-state index in [1.807, 2.05) is 6.08 Å². The van der Waals surface area contributed by atoms with E-state index in [2.05, 4.69) is 87.6 Å². The Morgan fingerprint density at radius 2 is 0.661 bits per heavy atom. The molecule has 1 atom stereocenters. The van der Waals surface area contributed by atoms with Crippen molar-refractivity contribution in [2.45, 2.75) is 252 Å². The van der Waals surface area contributed by atoms with Crippen LogP contribution in [0.25, 0.3) is 0 Å². The van der Waals surface area contributed by atoms with Gasteiger partial charge in [0.1, 0.15) is 13.2 Å². The Hall–Kier alpha value is -3.15. The number of carbonyl (C=O) groups is 3. The Kier molecular flexibility index (Phi) is 47.9. The normalized spacial score (nSPS) is 12.6. The molecule has 6 heteroatoms. The van der Waals surface area contributed by atoms with Crippen LogP contribution in [-0.2, 0) is 28.6 Å². The molecule has 0 aromatic rings. The van der Waals surface area contributed by atoms with E-state index in [0.717, 1.165) is 89.9 Å². The van der Waals surface area contributed by atoms with Crippen molar-refractivity contribution in [3.05, 3.63) is 72.9 Å². The number of hydrogen-bond acceptors (Lipinski definition) is 6. The summed E-state index contributed by atoms with van der Waals surface area (Å²) in [6.45, 7) is 6.45. The summed E-state index contributed by atoms with van der Waals surface area (Å²) in [5.74, 6) is -0.982. The maximum atomic E-state index is 12.7. The molecular weight excluding hydrogens is 769 g/mol. The Labute approximate surface area is 382 Å². The third-order valence-corrected chi connectivity index (χ3v) is 11.0. The second-order valence-electron chi connectivity index (χ2n) is 17.1. The van der Waals surface area contributed by atoms with Crippen LogP contribution in [0.15, 0.2) is 72.9 Å². The molecule has 62 heavy (non-hydrogen) atoms. The monoisotopic (exact) mass is 865 g/mol. The number of allylic oxidation sites excluding steroid dienone is 12. The SMILES string of the molecule is CC/C=C\C/C=C\C/C=C\C/C=C\CCCCCCCCC(=O)OCC(COC(=O)CCCCCCCCCCCCCC)OC(=O)CC/C=C\C/C=C\CCCCCCCC. The number of ether oxygens (including phenoxy) is 3. The van der Waals surface area contributed by atoms with Gasteiger partial charge in [-0.3, -0.25) is 14.4 Å². The summed E-state index contributed by atoms with van der Waals surface area (Å²) >= 11 is 0. The molecule has 0 fully saturated rings. The van der Waals surface area contributed by atoms with Crippen LogP contribution in [0.3, 0.4) is 0 Å². The van der Waals surface area contributed by atoms with Crippen molar-refractivity contribution in [3.8, 4) is 0 Å². The number of hydrogen-bond donors (Lipinski definition) is 0. The average Bonchev–Trinajstić information content (AvgIpc) is 3.27. The van der Waals surface area contributed by atoms with Crippen LogP contribution in [0, 0.1) is 0 Å². The van der Waals surface area contributed by atoms with Crippen molar-refractivity contribution in [3.63, 3.8) is 0 Å². The zero-order chi connectivity index (χ0) is 45.1. The predicted octanol–water partition coefficient (Wildman–Crippen LogP) is 17.0. The quantitative estimate of drug-likeness (QED) is 0.0262. The molecule has 0 radical (unpaired) electrons. The lowest BCUT2D eigenvalue weighted by atomic mass is 10.0. The van der Waals surface area contributed by atoms with E-state index < -0.39 is 6.10 Å². The van der Waals surface area contributed by atoms with Crippen molar-refractivity contribution < 1.29 is 28.6 Å². The highest BCUT2D eigenvalue weighted by Crippen LogP contribution is 2.14. The Morgan fingerprint density at radius 3 is 1.05 bits per heavy atom. The molecule has 0 aromatic heterocycles. The Balaban J connectivity index is 4.43. The molecule has 0 heterocycles. The topological polar surface area (TPSA) is 78.9 Å². The standard InChI is InChI=1S/C56H96O6/c1-4-7-10-13-16-19-22-25-26-27-28-29-30-32-34-37-40-43-46-49-55(58)61-52-53(51-60-54(57)48-45-42-39-36-33-24-21-18-15-12-9-6-3)62-56(59)50-47-44-41-38-35-31-23-20-17-14-11-8-5-2/h7,10,16,19,25-26,28-29,31,35,41,44,53H,4-6,8-9,11-15,17-18,20-24,27,30,32-34,36-40,42-43,45-52H2,1-3H3/b10-7-,19-16-,26-25-,29-28-,35-31-,44-41-. The fourth-order valence-electron chi connectivity index (χ4n) is 7.07. The van der Waals surface area contributed by atoms with Gasteiger partial charge in [0.05, 0.1) is 0 Å². The first-order chi connectivity index (χ1) is 30.5. The maximum absolute atomic E-state index is 12.7. The molecule has 0 aliphatic heterocycles. The highest BCUT2D eigenvalue weighted by Gasteiger charge is 2.19. The summed E-state index contributed by atoms with van der Waals surface area (Å²) in [4.78, 5) is 37.9. The first-order valence-electron chi connectivity index (χ1n) is 25.9. The lowest BCUT2D eigenvalue weighted by Gasteiger charge is -2.18. The van der Waals surface area contributed by atoms with Crippen LogP contribution in [-0.4, -0.2) is 37.2 Å².